The maximum atomic E-state index is 13.3. The van der Waals surface area contributed by atoms with Crippen LogP contribution < -0.4 is 5.32 Å². The summed E-state index contributed by atoms with van der Waals surface area (Å²) in [6, 6.07) is 4.17. The third kappa shape index (κ3) is 4.07. The lowest BCUT2D eigenvalue weighted by Gasteiger charge is -2.10. The Bertz CT molecular complexity index is 956. The highest BCUT2D eigenvalue weighted by Gasteiger charge is 2.38. The Kier molecular flexibility index (Phi) is 4.77. The van der Waals surface area contributed by atoms with Gasteiger partial charge in [0, 0.05) is 11.8 Å². The molecule has 8 nitrogen and oxygen atoms in total. The van der Waals surface area contributed by atoms with Crippen LogP contribution in [0.3, 0.4) is 0 Å². The molecule has 1 fully saturated rings. The van der Waals surface area contributed by atoms with E-state index in [1.165, 1.54) is 24.5 Å². The lowest BCUT2D eigenvalue weighted by molar-refractivity contribution is -0.127. The second-order valence-electron chi connectivity index (χ2n) is 6.00. The number of nitrogens with one attached hydrogen (secondary N) is 1. The molecule has 26 heavy (non-hydrogen) atoms. The Balaban J connectivity index is 1.69. The summed E-state index contributed by atoms with van der Waals surface area (Å²) < 4.78 is 41.0. The average Bonchev–Trinajstić information content (AvgIpc) is 3.13. The molecular formula is C16H16FN3O5S. The summed E-state index contributed by atoms with van der Waals surface area (Å²) in [5.74, 6) is -0.996. The van der Waals surface area contributed by atoms with Crippen LogP contribution in [0.25, 0.3) is 11.5 Å². The highest BCUT2D eigenvalue weighted by molar-refractivity contribution is 7.90. The summed E-state index contributed by atoms with van der Waals surface area (Å²) in [6.45, 7) is -0.126. The zero-order valence-electron chi connectivity index (χ0n) is 13.8. The van der Waals surface area contributed by atoms with Crippen molar-refractivity contribution in [3.8, 4) is 11.5 Å². The van der Waals surface area contributed by atoms with Gasteiger partial charge >= 0.3 is 6.03 Å². The van der Waals surface area contributed by atoms with E-state index in [1.807, 2.05) is 0 Å². The van der Waals surface area contributed by atoms with Gasteiger partial charge in [0.2, 0.25) is 5.89 Å². The van der Waals surface area contributed by atoms with E-state index in [0.29, 0.717) is 11.3 Å². The number of carbonyl (C=O) groups is 2. The number of amides is 3. The van der Waals surface area contributed by atoms with Gasteiger partial charge in [-0.1, -0.05) is 6.07 Å². The third-order valence-electron chi connectivity index (χ3n) is 3.83. The Labute approximate surface area is 148 Å². The van der Waals surface area contributed by atoms with Crippen molar-refractivity contribution in [2.75, 3.05) is 12.0 Å². The van der Waals surface area contributed by atoms with Gasteiger partial charge in [-0.25, -0.2) is 22.6 Å². The number of hydrogen-bond donors (Lipinski definition) is 1. The van der Waals surface area contributed by atoms with Crippen LogP contribution in [0.5, 0.6) is 0 Å². The number of rotatable bonds is 6. The van der Waals surface area contributed by atoms with E-state index in [0.717, 1.165) is 11.2 Å². The number of nitrogens with zero attached hydrogens (tertiary/aromatic N) is 2. The first-order chi connectivity index (χ1) is 12.2. The molecule has 1 N–H and O–H groups in total. The number of hydrogen-bond acceptors (Lipinski definition) is 6. The average molecular weight is 381 g/mol. The van der Waals surface area contributed by atoms with Crippen LogP contribution >= 0.6 is 0 Å². The van der Waals surface area contributed by atoms with Gasteiger partial charge < -0.3 is 9.73 Å². The lowest BCUT2D eigenvalue weighted by Crippen LogP contribution is -2.32. The zero-order valence-corrected chi connectivity index (χ0v) is 14.6. The molecule has 10 heteroatoms. The van der Waals surface area contributed by atoms with Gasteiger partial charge in [-0.2, -0.15) is 0 Å². The van der Waals surface area contributed by atoms with Gasteiger partial charge in [-0.15, -0.1) is 0 Å². The quantitative estimate of drug-likeness (QED) is 0.756. The van der Waals surface area contributed by atoms with Crippen molar-refractivity contribution < 1.29 is 26.8 Å². The zero-order chi connectivity index (χ0) is 18.9. The largest absolute Gasteiger partial charge is 0.444 e. The van der Waals surface area contributed by atoms with Gasteiger partial charge in [0.05, 0.1) is 18.0 Å². The molecule has 138 valence electrons. The predicted molar refractivity (Wildman–Crippen MR) is 89.1 cm³/mol. The van der Waals surface area contributed by atoms with E-state index >= 15 is 0 Å². The first kappa shape index (κ1) is 18.1. The Morgan fingerprint density at radius 3 is 2.81 bits per heavy atom. The fraction of sp³-hybridized carbons (Fsp3) is 0.312. The summed E-state index contributed by atoms with van der Waals surface area (Å²) in [6.07, 6.45) is 2.35. The van der Waals surface area contributed by atoms with Crippen molar-refractivity contribution in [1.29, 1.82) is 0 Å². The molecule has 0 saturated carbocycles. The third-order valence-corrected chi connectivity index (χ3v) is 4.81. The molecule has 3 rings (SSSR count). The van der Waals surface area contributed by atoms with E-state index in [1.54, 1.807) is 6.07 Å². The summed E-state index contributed by atoms with van der Waals surface area (Å²) in [5.41, 5.74) is 0.746. The number of oxazole rings is 1. The van der Waals surface area contributed by atoms with E-state index in [-0.39, 0.29) is 24.6 Å². The molecule has 3 amide bonds. The van der Waals surface area contributed by atoms with Crippen LogP contribution in [-0.2, 0) is 21.2 Å². The van der Waals surface area contributed by atoms with E-state index in [4.69, 9.17) is 4.42 Å². The van der Waals surface area contributed by atoms with Gasteiger partial charge in [0.25, 0.3) is 5.91 Å². The molecule has 1 aromatic heterocycles. The predicted octanol–water partition coefficient (Wildman–Crippen LogP) is 1.34. The normalized spacial score (nSPS) is 17.6. The molecule has 0 bridgehead atoms. The molecule has 1 aromatic carbocycles. The maximum absolute atomic E-state index is 13.3. The Hall–Kier alpha value is -2.75. The molecule has 0 aliphatic carbocycles. The van der Waals surface area contributed by atoms with Crippen molar-refractivity contribution in [3.63, 3.8) is 0 Å². The smallest absolute Gasteiger partial charge is 0.325 e. The van der Waals surface area contributed by atoms with Crippen LogP contribution in [0.4, 0.5) is 9.18 Å². The highest BCUT2D eigenvalue weighted by atomic mass is 32.2. The van der Waals surface area contributed by atoms with Crippen LogP contribution in [-0.4, -0.2) is 48.3 Å². The van der Waals surface area contributed by atoms with Crippen molar-refractivity contribution in [2.24, 2.45) is 0 Å². The molecule has 2 heterocycles. The number of carbonyl (C=O) groups excluding carboxylic acids is 2. The number of benzene rings is 1. The molecule has 0 spiro atoms. The topological polar surface area (TPSA) is 110 Å². The monoisotopic (exact) mass is 381 g/mol. The number of imide groups is 1. The van der Waals surface area contributed by atoms with Crippen LogP contribution in [0.15, 0.2) is 34.9 Å². The minimum atomic E-state index is -3.24. The molecule has 1 saturated heterocycles. The standard InChI is InChI=1S/C16H16FN3O5S/c1-26(23,24)6-5-13-15(21)20(16(22)19-13)8-12-9-25-14(18-12)10-3-2-4-11(17)7-10/h2-4,7,9,13H,5-6,8H2,1H3,(H,19,22)/t13-/m0/s1. The lowest BCUT2D eigenvalue weighted by atomic mass is 10.2. The van der Waals surface area contributed by atoms with Crippen LogP contribution in [0.1, 0.15) is 12.1 Å². The molecular weight excluding hydrogens is 365 g/mol. The second kappa shape index (κ2) is 6.87. The summed E-state index contributed by atoms with van der Waals surface area (Å²) >= 11 is 0. The Morgan fingerprint density at radius 2 is 2.12 bits per heavy atom. The minimum absolute atomic E-state index is 0.00721. The Morgan fingerprint density at radius 1 is 1.35 bits per heavy atom. The van der Waals surface area contributed by atoms with Gasteiger partial charge in [0.15, 0.2) is 0 Å². The number of aromatic nitrogens is 1. The van der Waals surface area contributed by atoms with E-state index < -0.39 is 33.6 Å². The fourth-order valence-electron chi connectivity index (χ4n) is 2.55. The highest BCUT2D eigenvalue weighted by Crippen LogP contribution is 2.21. The molecule has 1 atom stereocenters. The van der Waals surface area contributed by atoms with E-state index in [9.17, 15) is 22.4 Å². The molecule has 2 aromatic rings. The second-order valence-corrected chi connectivity index (χ2v) is 8.26. The van der Waals surface area contributed by atoms with Crippen molar-refractivity contribution in [1.82, 2.24) is 15.2 Å². The molecule has 0 radical (unpaired) electrons. The summed E-state index contributed by atoms with van der Waals surface area (Å²) in [4.78, 5) is 29.4. The van der Waals surface area contributed by atoms with Gasteiger partial charge in [-0.05, 0) is 24.6 Å². The first-order valence-electron chi connectivity index (χ1n) is 7.73. The molecule has 1 aliphatic heterocycles. The maximum Gasteiger partial charge on any atom is 0.325 e. The van der Waals surface area contributed by atoms with Crippen molar-refractivity contribution in [2.45, 2.75) is 19.0 Å². The summed E-state index contributed by atoms with van der Waals surface area (Å²) in [5, 5.41) is 2.46. The SMILES string of the molecule is CS(=O)(=O)CC[C@@H]1NC(=O)N(Cc2coc(-c3cccc(F)c3)n2)C1=O. The van der Waals surface area contributed by atoms with Crippen molar-refractivity contribution in [3.05, 3.63) is 42.0 Å². The number of halogens is 1. The van der Waals surface area contributed by atoms with Gasteiger partial charge in [-0.3, -0.25) is 9.69 Å². The van der Waals surface area contributed by atoms with Crippen LogP contribution in [0.2, 0.25) is 0 Å². The molecule has 1 aliphatic rings. The summed E-state index contributed by atoms with van der Waals surface area (Å²) in [7, 11) is -3.24. The van der Waals surface area contributed by atoms with E-state index in [2.05, 4.69) is 10.3 Å². The number of sulfone groups is 1. The van der Waals surface area contributed by atoms with Crippen molar-refractivity contribution >= 4 is 21.8 Å². The van der Waals surface area contributed by atoms with Crippen LogP contribution in [0, 0.1) is 5.82 Å². The first-order valence-corrected chi connectivity index (χ1v) is 9.79. The minimum Gasteiger partial charge on any atom is -0.444 e. The van der Waals surface area contributed by atoms with Gasteiger partial charge in [0.1, 0.15) is 28.0 Å². The fourth-order valence-corrected chi connectivity index (χ4v) is 3.21. The molecule has 0 unspecified atom stereocenters. The number of urea groups is 1.